The average molecular weight is 206 g/mol. The van der Waals surface area contributed by atoms with E-state index in [9.17, 15) is 0 Å². The molecular weight excluding hydrogens is 184 g/mol. The van der Waals surface area contributed by atoms with Gasteiger partial charge < -0.3 is 27.0 Å². The van der Waals surface area contributed by atoms with Crippen molar-refractivity contribution in [3.63, 3.8) is 0 Å². The zero-order valence-electron chi connectivity index (χ0n) is 8.52. The van der Waals surface area contributed by atoms with E-state index in [2.05, 4.69) is 5.32 Å². The number of rotatable bonds is 9. The normalized spacial score (nSPS) is 13.5. The van der Waals surface area contributed by atoms with Crippen LogP contribution in [0.1, 0.15) is 0 Å². The van der Waals surface area contributed by atoms with Crippen LogP contribution in [0.5, 0.6) is 0 Å². The third-order valence-electron chi connectivity index (χ3n) is 1.91. The highest BCUT2D eigenvalue weighted by Crippen LogP contribution is 1.90. The summed E-state index contributed by atoms with van der Waals surface area (Å²) in [5.41, 5.74) is 11.3. The topological polar surface area (TPSA) is 108 Å². The van der Waals surface area contributed by atoms with Crippen LogP contribution < -0.4 is 16.8 Å². The second kappa shape index (κ2) is 9.32. The van der Waals surface area contributed by atoms with E-state index in [-0.39, 0.29) is 19.4 Å². The lowest BCUT2D eigenvalue weighted by Gasteiger charge is -2.27. The number of hydrogen-bond acceptors (Lipinski definition) is 6. The first-order valence-electron chi connectivity index (χ1n) is 4.88. The molecule has 0 aliphatic heterocycles. The van der Waals surface area contributed by atoms with Crippen LogP contribution >= 0.6 is 0 Å². The van der Waals surface area contributed by atoms with Crippen molar-refractivity contribution in [2.75, 3.05) is 45.9 Å². The minimum atomic E-state index is -0.169. The maximum Gasteiger partial charge on any atom is 0.0701 e. The van der Waals surface area contributed by atoms with Crippen molar-refractivity contribution < 1.29 is 10.2 Å². The van der Waals surface area contributed by atoms with E-state index in [0.29, 0.717) is 32.7 Å². The molecule has 0 spiro atoms. The van der Waals surface area contributed by atoms with Crippen molar-refractivity contribution in [3.05, 3.63) is 0 Å². The minimum absolute atomic E-state index is 0.0771. The molecule has 6 heteroatoms. The summed E-state index contributed by atoms with van der Waals surface area (Å²) in [6.45, 7) is 3.01. The van der Waals surface area contributed by atoms with E-state index >= 15 is 0 Å². The Morgan fingerprint density at radius 1 is 1.21 bits per heavy atom. The third kappa shape index (κ3) is 6.25. The maximum absolute atomic E-state index is 8.79. The van der Waals surface area contributed by atoms with Gasteiger partial charge in [-0.2, -0.15) is 0 Å². The van der Waals surface area contributed by atoms with Gasteiger partial charge in [0, 0.05) is 32.7 Å². The SMILES string of the molecule is NCCN(CCO)C(N)CNCCO. The Hall–Kier alpha value is -0.240. The van der Waals surface area contributed by atoms with Crippen LogP contribution in [0.4, 0.5) is 0 Å². The van der Waals surface area contributed by atoms with Crippen LogP contribution in [0.25, 0.3) is 0 Å². The Balaban J connectivity index is 3.69. The Morgan fingerprint density at radius 2 is 1.93 bits per heavy atom. The number of nitrogens with two attached hydrogens (primary N) is 2. The lowest BCUT2D eigenvalue weighted by atomic mass is 10.3. The molecule has 7 N–H and O–H groups in total. The van der Waals surface area contributed by atoms with Crippen molar-refractivity contribution >= 4 is 0 Å². The zero-order chi connectivity index (χ0) is 10.8. The van der Waals surface area contributed by atoms with E-state index in [1.165, 1.54) is 0 Å². The van der Waals surface area contributed by atoms with Gasteiger partial charge in [-0.1, -0.05) is 0 Å². The van der Waals surface area contributed by atoms with Crippen LogP contribution in [0.3, 0.4) is 0 Å². The fraction of sp³-hybridized carbons (Fsp3) is 1.00. The molecule has 0 saturated heterocycles. The summed E-state index contributed by atoms with van der Waals surface area (Å²) in [7, 11) is 0. The van der Waals surface area contributed by atoms with Gasteiger partial charge in [-0.15, -0.1) is 0 Å². The molecule has 0 heterocycles. The lowest BCUT2D eigenvalue weighted by Crippen LogP contribution is -2.51. The molecule has 0 saturated carbocycles. The van der Waals surface area contributed by atoms with Crippen molar-refractivity contribution in [2.45, 2.75) is 6.17 Å². The van der Waals surface area contributed by atoms with Crippen LogP contribution in [-0.4, -0.2) is 67.2 Å². The Bertz CT molecular complexity index is 120. The molecule has 0 fully saturated rings. The molecule has 0 aromatic rings. The van der Waals surface area contributed by atoms with Gasteiger partial charge in [-0.05, 0) is 0 Å². The van der Waals surface area contributed by atoms with E-state index < -0.39 is 0 Å². The molecule has 0 radical (unpaired) electrons. The molecule has 86 valence electrons. The lowest BCUT2D eigenvalue weighted by molar-refractivity contribution is 0.152. The molecule has 0 rings (SSSR count). The molecule has 14 heavy (non-hydrogen) atoms. The first-order chi connectivity index (χ1) is 6.76. The Labute approximate surface area is 84.9 Å². The second-order valence-corrected chi connectivity index (χ2v) is 3.04. The van der Waals surface area contributed by atoms with E-state index in [1.807, 2.05) is 4.90 Å². The van der Waals surface area contributed by atoms with Crippen molar-refractivity contribution in [3.8, 4) is 0 Å². The predicted molar refractivity (Wildman–Crippen MR) is 55.6 cm³/mol. The number of aliphatic hydroxyl groups excluding tert-OH is 2. The second-order valence-electron chi connectivity index (χ2n) is 3.04. The fourth-order valence-corrected chi connectivity index (χ4v) is 1.20. The first-order valence-corrected chi connectivity index (χ1v) is 4.88. The maximum atomic E-state index is 8.79. The van der Waals surface area contributed by atoms with Gasteiger partial charge in [-0.25, -0.2) is 0 Å². The number of hydrogen-bond donors (Lipinski definition) is 5. The van der Waals surface area contributed by atoms with Gasteiger partial charge in [0.2, 0.25) is 0 Å². The fourth-order valence-electron chi connectivity index (χ4n) is 1.20. The summed E-state index contributed by atoms with van der Waals surface area (Å²) in [6, 6.07) is 0. The van der Waals surface area contributed by atoms with Gasteiger partial charge in [0.1, 0.15) is 0 Å². The summed E-state index contributed by atoms with van der Waals surface area (Å²) in [4.78, 5) is 1.91. The van der Waals surface area contributed by atoms with Crippen molar-refractivity contribution in [2.24, 2.45) is 11.5 Å². The number of nitrogens with one attached hydrogen (secondary N) is 1. The van der Waals surface area contributed by atoms with Crippen LogP contribution in [0, 0.1) is 0 Å². The van der Waals surface area contributed by atoms with Gasteiger partial charge in [0.05, 0.1) is 19.4 Å². The van der Waals surface area contributed by atoms with Gasteiger partial charge in [0.15, 0.2) is 0 Å². The van der Waals surface area contributed by atoms with E-state index in [4.69, 9.17) is 21.7 Å². The molecule has 0 aromatic carbocycles. The number of aliphatic hydroxyl groups is 2. The smallest absolute Gasteiger partial charge is 0.0701 e. The van der Waals surface area contributed by atoms with Crippen LogP contribution in [-0.2, 0) is 0 Å². The summed E-state index contributed by atoms with van der Waals surface area (Å²) >= 11 is 0. The van der Waals surface area contributed by atoms with E-state index in [0.717, 1.165) is 0 Å². The Kier molecular flexibility index (Phi) is 9.16. The van der Waals surface area contributed by atoms with Crippen molar-refractivity contribution in [1.29, 1.82) is 0 Å². The summed E-state index contributed by atoms with van der Waals surface area (Å²) in [6.07, 6.45) is -0.169. The third-order valence-corrected chi connectivity index (χ3v) is 1.91. The molecule has 1 atom stereocenters. The van der Waals surface area contributed by atoms with Gasteiger partial charge in [0.25, 0.3) is 0 Å². The molecule has 0 amide bonds. The summed E-state index contributed by atoms with van der Waals surface area (Å²) in [5, 5.41) is 20.3. The first kappa shape index (κ1) is 13.8. The quantitative estimate of drug-likeness (QED) is 0.205. The molecule has 0 bridgehead atoms. The molecular formula is C8H22N4O2. The van der Waals surface area contributed by atoms with Crippen LogP contribution in [0.15, 0.2) is 0 Å². The largest absolute Gasteiger partial charge is 0.395 e. The van der Waals surface area contributed by atoms with Crippen molar-refractivity contribution in [1.82, 2.24) is 10.2 Å². The molecule has 0 aromatic heterocycles. The van der Waals surface area contributed by atoms with Crippen LogP contribution in [0.2, 0.25) is 0 Å². The highest BCUT2D eigenvalue weighted by atomic mass is 16.3. The molecule has 1 unspecified atom stereocenters. The van der Waals surface area contributed by atoms with Gasteiger partial charge >= 0.3 is 0 Å². The molecule has 6 nitrogen and oxygen atoms in total. The molecule has 0 aliphatic carbocycles. The average Bonchev–Trinajstić information content (AvgIpc) is 2.18. The highest BCUT2D eigenvalue weighted by Gasteiger charge is 2.11. The summed E-state index contributed by atoms with van der Waals surface area (Å²) in [5.74, 6) is 0. The summed E-state index contributed by atoms with van der Waals surface area (Å²) < 4.78 is 0. The molecule has 0 aliphatic rings. The predicted octanol–water partition coefficient (Wildman–Crippen LogP) is -2.89. The monoisotopic (exact) mass is 206 g/mol. The minimum Gasteiger partial charge on any atom is -0.395 e. The van der Waals surface area contributed by atoms with Gasteiger partial charge in [-0.3, -0.25) is 4.90 Å². The number of nitrogens with zero attached hydrogens (tertiary/aromatic N) is 1. The highest BCUT2D eigenvalue weighted by molar-refractivity contribution is 4.68. The standard InChI is InChI=1S/C8H22N4O2/c9-1-3-12(4-6-14)8(10)7-11-2-5-13/h8,11,13-14H,1-7,9-10H2. The van der Waals surface area contributed by atoms with E-state index in [1.54, 1.807) is 0 Å². The Morgan fingerprint density at radius 3 is 2.43 bits per heavy atom. The zero-order valence-corrected chi connectivity index (χ0v) is 8.52.